The fourth-order valence-electron chi connectivity index (χ4n) is 8.06. The predicted octanol–water partition coefficient (Wildman–Crippen LogP) is 4.40. The lowest BCUT2D eigenvalue weighted by Crippen LogP contribution is -2.77. The molecule has 2 N–H and O–H groups in total. The minimum atomic E-state index is -4.80. The molecule has 2 aliphatic heterocycles. The number of likely N-dealkylation sites (tertiary alicyclic amines) is 1. The van der Waals surface area contributed by atoms with Crippen LogP contribution in [0.15, 0.2) is 42.5 Å². The number of aliphatic hydroxyl groups is 1. The van der Waals surface area contributed by atoms with Crippen LogP contribution in [0.4, 0.5) is 13.2 Å². The SMILES string of the molecule is CN(C(=O)/C=C/c1cccc(OC(F)(F)F)c1)C1CC2Oc3c(O)ccc4c3[C@@]23CCN(CC2CC2)[C@H](C4)[C@]3(O)C1. The first-order chi connectivity index (χ1) is 19.5. The molecule has 7 nitrogen and oxygen atoms in total. The number of benzene rings is 2. The second-order valence-electron chi connectivity index (χ2n) is 12.4. The fraction of sp³-hybridized carbons (Fsp3) is 0.516. The number of aromatic hydroxyl groups is 1. The van der Waals surface area contributed by atoms with Crippen molar-refractivity contribution in [3.8, 4) is 17.2 Å². The second-order valence-corrected chi connectivity index (χ2v) is 12.4. The number of likely N-dealkylation sites (N-methyl/N-ethyl adjacent to an activating group) is 1. The molecule has 2 unspecified atom stereocenters. The van der Waals surface area contributed by atoms with Gasteiger partial charge in [0.05, 0.1) is 11.0 Å². The molecule has 2 saturated carbocycles. The van der Waals surface area contributed by atoms with Crippen molar-refractivity contribution in [2.24, 2.45) is 5.92 Å². The van der Waals surface area contributed by atoms with Gasteiger partial charge < -0.3 is 24.6 Å². The number of hydrogen-bond donors (Lipinski definition) is 2. The molecule has 2 bridgehead atoms. The van der Waals surface area contributed by atoms with Crippen molar-refractivity contribution in [2.45, 2.75) is 74.1 Å². The number of ether oxygens (including phenoxy) is 2. The van der Waals surface area contributed by atoms with E-state index < -0.39 is 23.5 Å². The summed E-state index contributed by atoms with van der Waals surface area (Å²) < 4.78 is 48.3. The highest BCUT2D eigenvalue weighted by molar-refractivity contribution is 5.92. The van der Waals surface area contributed by atoms with E-state index in [1.54, 1.807) is 24.1 Å². The molecule has 2 heterocycles. The highest BCUT2D eigenvalue weighted by Gasteiger charge is 2.72. The lowest BCUT2D eigenvalue weighted by Gasteiger charge is -2.64. The molecule has 5 aliphatic rings. The van der Waals surface area contributed by atoms with Crippen LogP contribution < -0.4 is 9.47 Å². The van der Waals surface area contributed by atoms with Crippen LogP contribution in [-0.2, 0) is 16.6 Å². The molecule has 3 fully saturated rings. The molecule has 0 radical (unpaired) electrons. The van der Waals surface area contributed by atoms with Gasteiger partial charge in [0.15, 0.2) is 11.5 Å². The number of phenolic OH excluding ortho intramolecular Hbond substituents is 1. The molecular formula is C31H33F3N2O5. The van der Waals surface area contributed by atoms with Gasteiger partial charge in [-0.25, -0.2) is 0 Å². The van der Waals surface area contributed by atoms with Crippen LogP contribution in [0.25, 0.3) is 6.08 Å². The lowest BCUT2D eigenvalue weighted by molar-refractivity contribution is -0.274. The molecule has 10 heteroatoms. The van der Waals surface area contributed by atoms with E-state index in [1.807, 2.05) is 6.07 Å². The largest absolute Gasteiger partial charge is 0.573 e. The minimum Gasteiger partial charge on any atom is -0.504 e. The highest BCUT2D eigenvalue weighted by atomic mass is 19.4. The summed E-state index contributed by atoms with van der Waals surface area (Å²) in [4.78, 5) is 17.4. The van der Waals surface area contributed by atoms with Crippen molar-refractivity contribution >= 4 is 12.0 Å². The number of halogens is 3. The summed E-state index contributed by atoms with van der Waals surface area (Å²) in [6.45, 7) is 1.81. The smallest absolute Gasteiger partial charge is 0.504 e. The van der Waals surface area contributed by atoms with E-state index in [0.29, 0.717) is 36.5 Å². The second kappa shape index (κ2) is 9.13. The number of nitrogens with zero attached hydrogens (tertiary/aromatic N) is 2. The summed E-state index contributed by atoms with van der Waals surface area (Å²) >= 11 is 0. The van der Waals surface area contributed by atoms with Crippen LogP contribution in [0.3, 0.4) is 0 Å². The number of phenols is 1. The Morgan fingerprint density at radius 1 is 1.27 bits per heavy atom. The van der Waals surface area contributed by atoms with E-state index in [0.717, 1.165) is 30.6 Å². The molecule has 3 aliphatic carbocycles. The molecule has 41 heavy (non-hydrogen) atoms. The molecule has 1 saturated heterocycles. The minimum absolute atomic E-state index is 0.0781. The van der Waals surface area contributed by atoms with Crippen LogP contribution in [0.5, 0.6) is 17.2 Å². The van der Waals surface area contributed by atoms with Crippen LogP contribution in [0.1, 0.15) is 48.8 Å². The topological polar surface area (TPSA) is 82.5 Å². The molecule has 2 aromatic rings. The molecule has 1 amide bonds. The third-order valence-corrected chi connectivity index (χ3v) is 10.1. The molecule has 0 aromatic heterocycles. The molecule has 2 aromatic carbocycles. The average molecular weight is 571 g/mol. The Hall–Kier alpha value is -3.24. The highest BCUT2D eigenvalue weighted by Crippen LogP contribution is 2.65. The van der Waals surface area contributed by atoms with Crippen LogP contribution in [0.2, 0.25) is 0 Å². The first-order valence-corrected chi connectivity index (χ1v) is 14.3. The Morgan fingerprint density at radius 3 is 2.83 bits per heavy atom. The van der Waals surface area contributed by atoms with E-state index in [4.69, 9.17) is 4.74 Å². The lowest BCUT2D eigenvalue weighted by atomic mass is 9.48. The zero-order valence-corrected chi connectivity index (χ0v) is 22.7. The number of hydrogen-bond acceptors (Lipinski definition) is 6. The number of carbonyl (C=O) groups excluding carboxylic acids is 1. The number of alkyl halides is 3. The molecule has 7 rings (SSSR count). The average Bonchev–Trinajstić information content (AvgIpc) is 3.66. The summed E-state index contributed by atoms with van der Waals surface area (Å²) in [6.07, 6.45) is 2.27. The standard InChI is InChI=1S/C31H33F3N2O5/c1-35(26(38)10-7-18-3-2-4-22(13-18)41-31(32,33)34)21-15-25-29-11-12-36(17-19-5-6-19)24(30(29,39)16-21)14-20-8-9-23(37)28(40-25)27(20)29/h2-4,7-10,13,19,21,24-25,37,39H,5-6,11-12,14-17H2,1H3/b10-7+/t21?,24-,25?,29-,30-/m1/s1. The van der Waals surface area contributed by atoms with Crippen molar-refractivity contribution in [3.63, 3.8) is 0 Å². The number of rotatable bonds is 6. The predicted molar refractivity (Wildman–Crippen MR) is 144 cm³/mol. The van der Waals surface area contributed by atoms with E-state index in [-0.39, 0.29) is 29.5 Å². The zero-order chi connectivity index (χ0) is 28.7. The maximum atomic E-state index is 13.3. The van der Waals surface area contributed by atoms with Gasteiger partial charge in [0.25, 0.3) is 0 Å². The van der Waals surface area contributed by atoms with Crippen molar-refractivity contribution < 1.29 is 37.7 Å². The van der Waals surface area contributed by atoms with Gasteiger partial charge in [-0.05, 0) is 80.0 Å². The van der Waals surface area contributed by atoms with E-state index in [2.05, 4.69) is 9.64 Å². The molecular weight excluding hydrogens is 537 g/mol. The van der Waals surface area contributed by atoms with Crippen molar-refractivity contribution in [2.75, 3.05) is 20.1 Å². The Labute approximate surface area is 236 Å². The summed E-state index contributed by atoms with van der Waals surface area (Å²) in [5, 5.41) is 23.5. The van der Waals surface area contributed by atoms with Crippen molar-refractivity contribution in [3.05, 3.63) is 59.2 Å². The van der Waals surface area contributed by atoms with Gasteiger partial charge >= 0.3 is 6.36 Å². The summed E-state index contributed by atoms with van der Waals surface area (Å²) in [5.74, 6) is 0.519. The third-order valence-electron chi connectivity index (χ3n) is 10.1. The van der Waals surface area contributed by atoms with Gasteiger partial charge in [-0.15, -0.1) is 13.2 Å². The van der Waals surface area contributed by atoms with E-state index in [1.165, 1.54) is 43.2 Å². The van der Waals surface area contributed by atoms with Gasteiger partial charge in [-0.3, -0.25) is 9.69 Å². The van der Waals surface area contributed by atoms with Crippen LogP contribution in [0, 0.1) is 5.92 Å². The maximum absolute atomic E-state index is 13.3. The normalized spacial score (nSPS) is 32.0. The molecule has 218 valence electrons. The number of amides is 1. The van der Waals surface area contributed by atoms with Crippen molar-refractivity contribution in [1.82, 2.24) is 9.80 Å². The Bertz CT molecular complexity index is 1420. The first-order valence-electron chi connectivity index (χ1n) is 14.3. The summed E-state index contributed by atoms with van der Waals surface area (Å²) in [6, 6.07) is 8.63. The fourth-order valence-corrected chi connectivity index (χ4v) is 8.06. The third kappa shape index (κ3) is 4.21. The van der Waals surface area contributed by atoms with Gasteiger partial charge in [0, 0.05) is 43.7 Å². The Balaban J connectivity index is 1.17. The van der Waals surface area contributed by atoms with Gasteiger partial charge in [-0.1, -0.05) is 18.2 Å². The molecule has 5 atom stereocenters. The van der Waals surface area contributed by atoms with E-state index >= 15 is 0 Å². The van der Waals surface area contributed by atoms with Gasteiger partial charge in [0.2, 0.25) is 5.91 Å². The van der Waals surface area contributed by atoms with E-state index in [9.17, 15) is 28.2 Å². The quantitative estimate of drug-likeness (QED) is 0.502. The summed E-state index contributed by atoms with van der Waals surface area (Å²) in [5.41, 5.74) is 0.666. The van der Waals surface area contributed by atoms with Crippen LogP contribution >= 0.6 is 0 Å². The molecule has 1 spiro atoms. The zero-order valence-electron chi connectivity index (χ0n) is 22.7. The van der Waals surface area contributed by atoms with Gasteiger partial charge in [0.1, 0.15) is 11.9 Å². The monoisotopic (exact) mass is 570 g/mol. The van der Waals surface area contributed by atoms with Crippen molar-refractivity contribution in [1.29, 1.82) is 0 Å². The Kier molecular flexibility index (Phi) is 5.93. The Morgan fingerprint density at radius 2 is 2.07 bits per heavy atom. The van der Waals surface area contributed by atoms with Crippen LogP contribution in [-0.4, -0.2) is 76.2 Å². The number of carbonyl (C=O) groups is 1. The van der Waals surface area contributed by atoms with Gasteiger partial charge in [-0.2, -0.15) is 0 Å². The first kappa shape index (κ1) is 26.6. The summed E-state index contributed by atoms with van der Waals surface area (Å²) in [7, 11) is 1.69. The maximum Gasteiger partial charge on any atom is 0.573 e. The number of piperidine rings is 1.